The first-order chi connectivity index (χ1) is 17.6. The maximum absolute atomic E-state index is 14.2. The van der Waals surface area contributed by atoms with Crippen LogP contribution in [-0.4, -0.2) is 96.6 Å². The van der Waals surface area contributed by atoms with Crippen molar-refractivity contribution in [2.24, 2.45) is 0 Å². The molecule has 37 heavy (non-hydrogen) atoms. The van der Waals surface area contributed by atoms with Crippen molar-refractivity contribution in [3.05, 3.63) is 29.5 Å². The third-order valence-corrected chi connectivity index (χ3v) is 8.35. The molecule has 2 atom stereocenters. The number of alkyl halides is 2. The Hall–Kier alpha value is -2.46. The van der Waals surface area contributed by atoms with Crippen LogP contribution in [0.25, 0.3) is 0 Å². The molecule has 0 aromatic carbocycles. The highest BCUT2D eigenvalue weighted by atomic mass is 19.3. The van der Waals surface area contributed by atoms with Crippen LogP contribution in [0.5, 0.6) is 0 Å². The first-order valence-electron chi connectivity index (χ1n) is 13.5. The molecule has 5 aliphatic heterocycles. The number of aromatic nitrogens is 1. The Bertz CT molecular complexity index is 1080. The van der Waals surface area contributed by atoms with Crippen LogP contribution >= 0.6 is 0 Å². The topological polar surface area (TPSA) is 61.4 Å². The number of anilines is 2. The number of rotatable bonds is 3. The van der Waals surface area contributed by atoms with E-state index in [4.69, 9.17) is 9.47 Å². The highest BCUT2D eigenvalue weighted by Gasteiger charge is 2.48. The van der Waals surface area contributed by atoms with E-state index in [1.807, 2.05) is 32.9 Å². The molecule has 1 amide bonds. The summed E-state index contributed by atoms with van der Waals surface area (Å²) in [5, 5.41) is 0. The van der Waals surface area contributed by atoms with Crippen molar-refractivity contribution in [3.8, 4) is 0 Å². The minimum atomic E-state index is -2.60. The number of fused-ring (bicyclic) bond motifs is 3. The summed E-state index contributed by atoms with van der Waals surface area (Å²) in [4.78, 5) is 25.5. The van der Waals surface area contributed by atoms with Gasteiger partial charge >= 0.3 is 6.09 Å². The predicted molar refractivity (Wildman–Crippen MR) is 136 cm³/mol. The van der Waals surface area contributed by atoms with Gasteiger partial charge < -0.3 is 24.2 Å². The van der Waals surface area contributed by atoms with Gasteiger partial charge in [0.2, 0.25) is 0 Å². The maximum Gasteiger partial charge on any atom is 0.410 e. The summed E-state index contributed by atoms with van der Waals surface area (Å²) in [5.74, 6) is 0.624. The quantitative estimate of drug-likeness (QED) is 0.568. The average molecular weight is 518 g/mol. The van der Waals surface area contributed by atoms with Crippen molar-refractivity contribution in [3.63, 3.8) is 0 Å². The van der Waals surface area contributed by atoms with E-state index in [0.29, 0.717) is 62.7 Å². The molecule has 3 fully saturated rings. The van der Waals surface area contributed by atoms with E-state index in [1.54, 1.807) is 4.90 Å². The molecular weight excluding hydrogens is 480 g/mol. The van der Waals surface area contributed by atoms with Crippen LogP contribution in [0.4, 0.5) is 25.1 Å². The van der Waals surface area contributed by atoms with Gasteiger partial charge in [0.1, 0.15) is 22.7 Å². The summed E-state index contributed by atoms with van der Waals surface area (Å²) in [6.07, 6.45) is 3.72. The molecule has 0 aliphatic carbocycles. The van der Waals surface area contributed by atoms with E-state index in [9.17, 15) is 13.6 Å². The lowest BCUT2D eigenvalue weighted by molar-refractivity contribution is 0.00322. The second-order valence-corrected chi connectivity index (χ2v) is 12.0. The van der Waals surface area contributed by atoms with Crippen molar-refractivity contribution < 1.29 is 23.0 Å². The highest BCUT2D eigenvalue weighted by Crippen LogP contribution is 2.44. The van der Waals surface area contributed by atoms with Gasteiger partial charge in [-0.05, 0) is 40.0 Å². The Morgan fingerprint density at radius 2 is 1.95 bits per heavy atom. The number of halogens is 2. The molecule has 0 saturated carbocycles. The number of carbonyl (C=O) groups is 1. The first-order valence-corrected chi connectivity index (χ1v) is 13.5. The van der Waals surface area contributed by atoms with Gasteiger partial charge in [-0.3, -0.25) is 4.90 Å². The SMILES string of the molecule is CC(C)(C)OC(=O)N1CCN([C@@H]2CN3c4cc(N5CC6(C=CCO6)C5)nc(C(F)F)c4CCC[C@@H]23)CC1. The molecule has 0 unspecified atom stereocenters. The van der Waals surface area contributed by atoms with Crippen LogP contribution < -0.4 is 9.80 Å². The maximum atomic E-state index is 14.2. The van der Waals surface area contributed by atoms with E-state index < -0.39 is 12.0 Å². The fourth-order valence-electron chi connectivity index (χ4n) is 6.47. The average Bonchev–Trinajstić information content (AvgIpc) is 3.25. The lowest BCUT2D eigenvalue weighted by atomic mass is 9.90. The number of amides is 1. The van der Waals surface area contributed by atoms with Crippen LogP contribution in [0.1, 0.15) is 51.3 Å². The fourth-order valence-corrected chi connectivity index (χ4v) is 6.47. The second-order valence-electron chi connectivity index (χ2n) is 12.0. The number of hydrogen-bond donors (Lipinski definition) is 0. The molecule has 0 bridgehead atoms. The van der Waals surface area contributed by atoms with Gasteiger partial charge in [0, 0.05) is 62.1 Å². The van der Waals surface area contributed by atoms with E-state index in [2.05, 4.69) is 25.8 Å². The smallest absolute Gasteiger partial charge is 0.410 e. The van der Waals surface area contributed by atoms with E-state index in [1.165, 1.54) is 0 Å². The number of nitrogens with zero attached hydrogens (tertiary/aromatic N) is 5. The molecule has 3 saturated heterocycles. The highest BCUT2D eigenvalue weighted by molar-refractivity contribution is 5.68. The molecule has 5 aliphatic rings. The number of carbonyl (C=O) groups excluding carboxylic acids is 1. The molecular formula is C27H37F2N5O3. The van der Waals surface area contributed by atoms with Gasteiger partial charge in [0.05, 0.1) is 19.7 Å². The summed E-state index contributed by atoms with van der Waals surface area (Å²) < 4.78 is 39.7. The Balaban J connectivity index is 1.16. The molecule has 1 aromatic heterocycles. The molecule has 10 heteroatoms. The standard InChI is InChI=1S/C27H37F2N5O3/c1-26(2,3)37-25(35)32-11-9-31(10-12-32)21-15-34-19(21)7-4-6-18-20(34)14-22(30-23(18)24(28)29)33-16-27(17-33)8-5-13-36-27/h5,8,14,19,21,24H,4,6-7,9-13,15-17H2,1-3H3/t19-,21+/m0/s1. The first kappa shape index (κ1) is 24.9. The normalized spacial score (nSPS) is 27.0. The Labute approximate surface area is 217 Å². The third kappa shape index (κ3) is 4.56. The van der Waals surface area contributed by atoms with Crippen LogP contribution in [0.3, 0.4) is 0 Å². The predicted octanol–water partition coefficient (Wildman–Crippen LogP) is 3.61. The molecule has 0 radical (unpaired) electrons. The van der Waals surface area contributed by atoms with Crippen molar-refractivity contribution in [1.29, 1.82) is 0 Å². The van der Waals surface area contributed by atoms with Gasteiger partial charge in [0.15, 0.2) is 0 Å². The monoisotopic (exact) mass is 517 g/mol. The third-order valence-electron chi connectivity index (χ3n) is 8.35. The van der Waals surface area contributed by atoms with Crippen LogP contribution in [-0.2, 0) is 15.9 Å². The Morgan fingerprint density at radius 3 is 2.59 bits per heavy atom. The van der Waals surface area contributed by atoms with Crippen LogP contribution in [0.2, 0.25) is 0 Å². The zero-order valence-corrected chi connectivity index (χ0v) is 22.0. The number of piperazine rings is 1. The Morgan fingerprint density at radius 1 is 1.19 bits per heavy atom. The second kappa shape index (κ2) is 9.08. The molecule has 8 nitrogen and oxygen atoms in total. The Kier molecular flexibility index (Phi) is 6.10. The van der Waals surface area contributed by atoms with E-state index in [0.717, 1.165) is 38.2 Å². The summed E-state index contributed by atoms with van der Waals surface area (Å²) >= 11 is 0. The van der Waals surface area contributed by atoms with Crippen LogP contribution in [0, 0.1) is 0 Å². The number of ether oxygens (including phenoxy) is 2. The lowest BCUT2D eigenvalue weighted by Gasteiger charge is -2.55. The number of pyridine rings is 1. The van der Waals surface area contributed by atoms with E-state index >= 15 is 0 Å². The molecule has 202 valence electrons. The molecule has 0 N–H and O–H groups in total. The van der Waals surface area contributed by atoms with Crippen molar-refractivity contribution in [2.45, 2.75) is 69.7 Å². The lowest BCUT2D eigenvalue weighted by Crippen LogP contribution is -2.69. The molecule has 6 heterocycles. The minimum Gasteiger partial charge on any atom is -0.444 e. The van der Waals surface area contributed by atoms with Crippen molar-refractivity contribution in [2.75, 3.05) is 62.2 Å². The zero-order valence-electron chi connectivity index (χ0n) is 22.0. The van der Waals surface area contributed by atoms with Crippen LogP contribution in [0.15, 0.2) is 18.2 Å². The zero-order chi connectivity index (χ0) is 25.9. The minimum absolute atomic E-state index is 0.0635. The molecule has 6 rings (SSSR count). The molecule has 1 spiro atoms. The summed E-state index contributed by atoms with van der Waals surface area (Å²) in [5.41, 5.74) is 0.785. The largest absolute Gasteiger partial charge is 0.444 e. The summed E-state index contributed by atoms with van der Waals surface area (Å²) in [6, 6.07) is 2.68. The van der Waals surface area contributed by atoms with Crippen molar-refractivity contribution in [1.82, 2.24) is 14.8 Å². The van der Waals surface area contributed by atoms with Gasteiger partial charge in [-0.2, -0.15) is 0 Å². The van der Waals surface area contributed by atoms with Gasteiger partial charge in [-0.1, -0.05) is 12.2 Å². The van der Waals surface area contributed by atoms with Gasteiger partial charge in [-0.15, -0.1) is 0 Å². The van der Waals surface area contributed by atoms with Gasteiger partial charge in [0.25, 0.3) is 6.43 Å². The van der Waals surface area contributed by atoms with E-state index in [-0.39, 0.29) is 17.4 Å². The summed E-state index contributed by atoms with van der Waals surface area (Å²) in [7, 11) is 0. The molecule has 1 aromatic rings. The summed E-state index contributed by atoms with van der Waals surface area (Å²) in [6.45, 7) is 11.2. The van der Waals surface area contributed by atoms with Crippen molar-refractivity contribution >= 4 is 17.6 Å². The van der Waals surface area contributed by atoms with Gasteiger partial charge in [-0.25, -0.2) is 18.6 Å². The fraction of sp³-hybridized carbons (Fsp3) is 0.704. The number of hydrogen-bond acceptors (Lipinski definition) is 7.